The van der Waals surface area contributed by atoms with E-state index in [4.69, 9.17) is 4.74 Å². The average molecular weight is 276 g/mol. The standard InChI is InChI=1S/C17H28N2O/c1-14(2)19-11-7-9-16(19)15-8-5-6-10-17(15)20-13-12-18(3)4/h5-6,8,10,14,16H,7,9,11-13H2,1-4H3. The Morgan fingerprint density at radius 2 is 2.05 bits per heavy atom. The summed E-state index contributed by atoms with van der Waals surface area (Å²) < 4.78 is 6.02. The summed E-state index contributed by atoms with van der Waals surface area (Å²) in [7, 11) is 4.15. The minimum absolute atomic E-state index is 0.519. The van der Waals surface area contributed by atoms with Crippen molar-refractivity contribution in [2.75, 3.05) is 33.8 Å². The maximum Gasteiger partial charge on any atom is 0.124 e. The Balaban J connectivity index is 2.10. The first-order valence-electron chi connectivity index (χ1n) is 7.72. The summed E-state index contributed by atoms with van der Waals surface area (Å²) >= 11 is 0. The molecule has 20 heavy (non-hydrogen) atoms. The van der Waals surface area contributed by atoms with E-state index < -0.39 is 0 Å². The number of hydrogen-bond acceptors (Lipinski definition) is 3. The molecule has 1 atom stereocenters. The molecule has 1 heterocycles. The van der Waals surface area contributed by atoms with Crippen LogP contribution in [0.4, 0.5) is 0 Å². The highest BCUT2D eigenvalue weighted by Gasteiger charge is 2.29. The van der Waals surface area contributed by atoms with E-state index in [0.717, 1.165) is 18.9 Å². The quantitative estimate of drug-likeness (QED) is 0.793. The SMILES string of the molecule is CC(C)N1CCCC1c1ccccc1OCCN(C)C. The monoisotopic (exact) mass is 276 g/mol. The summed E-state index contributed by atoms with van der Waals surface area (Å²) in [5.74, 6) is 1.06. The summed E-state index contributed by atoms with van der Waals surface area (Å²) in [5, 5.41) is 0. The van der Waals surface area contributed by atoms with Crippen LogP contribution in [0.5, 0.6) is 5.75 Å². The summed E-state index contributed by atoms with van der Waals surface area (Å²) in [6.45, 7) is 7.47. The van der Waals surface area contributed by atoms with Crippen LogP contribution in [0.15, 0.2) is 24.3 Å². The molecule has 0 amide bonds. The van der Waals surface area contributed by atoms with Crippen molar-refractivity contribution in [3.63, 3.8) is 0 Å². The predicted molar refractivity (Wildman–Crippen MR) is 84.3 cm³/mol. The molecular formula is C17H28N2O. The molecule has 1 aromatic carbocycles. The average Bonchev–Trinajstić information content (AvgIpc) is 2.88. The molecule has 0 bridgehead atoms. The Hall–Kier alpha value is -1.06. The van der Waals surface area contributed by atoms with Gasteiger partial charge in [0.25, 0.3) is 0 Å². The Labute approximate surface area is 123 Å². The van der Waals surface area contributed by atoms with Crippen molar-refractivity contribution in [2.24, 2.45) is 0 Å². The van der Waals surface area contributed by atoms with E-state index >= 15 is 0 Å². The van der Waals surface area contributed by atoms with Gasteiger partial charge in [0.05, 0.1) is 0 Å². The molecule has 0 spiro atoms. The topological polar surface area (TPSA) is 15.7 Å². The van der Waals surface area contributed by atoms with Gasteiger partial charge in [-0.2, -0.15) is 0 Å². The Morgan fingerprint density at radius 1 is 1.30 bits per heavy atom. The van der Waals surface area contributed by atoms with Gasteiger partial charge < -0.3 is 9.64 Å². The maximum absolute atomic E-state index is 6.02. The number of nitrogens with zero attached hydrogens (tertiary/aromatic N) is 2. The van der Waals surface area contributed by atoms with Gasteiger partial charge in [-0.3, -0.25) is 4.90 Å². The molecular weight excluding hydrogens is 248 g/mol. The largest absolute Gasteiger partial charge is 0.492 e. The Morgan fingerprint density at radius 3 is 2.75 bits per heavy atom. The van der Waals surface area contributed by atoms with Crippen molar-refractivity contribution in [1.29, 1.82) is 0 Å². The predicted octanol–water partition coefficient (Wildman–Crippen LogP) is 3.17. The van der Waals surface area contributed by atoms with E-state index in [9.17, 15) is 0 Å². The smallest absolute Gasteiger partial charge is 0.124 e. The minimum atomic E-state index is 0.519. The van der Waals surface area contributed by atoms with Gasteiger partial charge in [0.15, 0.2) is 0 Å². The van der Waals surface area contributed by atoms with Gasteiger partial charge in [0.1, 0.15) is 12.4 Å². The third kappa shape index (κ3) is 3.74. The highest BCUT2D eigenvalue weighted by Crippen LogP contribution is 2.37. The van der Waals surface area contributed by atoms with Gasteiger partial charge in [-0.1, -0.05) is 18.2 Å². The zero-order chi connectivity index (χ0) is 14.5. The van der Waals surface area contributed by atoms with Crippen molar-refractivity contribution < 1.29 is 4.74 Å². The Kier molecular flexibility index (Phi) is 5.44. The summed E-state index contributed by atoms with van der Waals surface area (Å²) in [6.07, 6.45) is 2.53. The molecule has 1 aliphatic rings. The van der Waals surface area contributed by atoms with E-state index in [-0.39, 0.29) is 0 Å². The van der Waals surface area contributed by atoms with E-state index in [1.54, 1.807) is 0 Å². The molecule has 0 aliphatic carbocycles. The van der Waals surface area contributed by atoms with Crippen LogP contribution in [-0.2, 0) is 0 Å². The fourth-order valence-corrected chi connectivity index (χ4v) is 2.97. The minimum Gasteiger partial charge on any atom is -0.492 e. The first-order valence-corrected chi connectivity index (χ1v) is 7.72. The second-order valence-electron chi connectivity index (χ2n) is 6.18. The summed E-state index contributed by atoms with van der Waals surface area (Å²) in [5.41, 5.74) is 1.36. The fraction of sp³-hybridized carbons (Fsp3) is 0.647. The molecule has 1 saturated heterocycles. The molecule has 0 aromatic heterocycles. The number of rotatable bonds is 6. The van der Waals surface area contributed by atoms with E-state index in [0.29, 0.717) is 12.1 Å². The lowest BCUT2D eigenvalue weighted by Gasteiger charge is -2.29. The first-order chi connectivity index (χ1) is 9.59. The highest BCUT2D eigenvalue weighted by atomic mass is 16.5. The fourth-order valence-electron chi connectivity index (χ4n) is 2.97. The second kappa shape index (κ2) is 7.09. The van der Waals surface area contributed by atoms with Crippen molar-refractivity contribution in [1.82, 2.24) is 9.80 Å². The van der Waals surface area contributed by atoms with Crippen LogP contribution in [0.2, 0.25) is 0 Å². The number of ether oxygens (including phenoxy) is 1. The normalized spacial score (nSPS) is 20.0. The maximum atomic E-state index is 6.02. The molecule has 0 N–H and O–H groups in total. The zero-order valence-electron chi connectivity index (χ0n) is 13.3. The number of likely N-dealkylation sites (tertiary alicyclic amines) is 1. The van der Waals surface area contributed by atoms with Gasteiger partial charge >= 0.3 is 0 Å². The molecule has 3 nitrogen and oxygen atoms in total. The van der Waals surface area contributed by atoms with Crippen LogP contribution >= 0.6 is 0 Å². The molecule has 1 unspecified atom stereocenters. The van der Waals surface area contributed by atoms with Gasteiger partial charge in [0, 0.05) is 24.2 Å². The van der Waals surface area contributed by atoms with E-state index in [1.165, 1.54) is 24.9 Å². The molecule has 1 aliphatic heterocycles. The van der Waals surface area contributed by atoms with Gasteiger partial charge in [0.2, 0.25) is 0 Å². The van der Waals surface area contributed by atoms with Crippen molar-refractivity contribution in [2.45, 2.75) is 38.8 Å². The first kappa shape index (κ1) is 15.3. The van der Waals surface area contributed by atoms with Crippen LogP contribution in [0.3, 0.4) is 0 Å². The third-order valence-corrected chi connectivity index (χ3v) is 4.03. The summed E-state index contributed by atoms with van der Waals surface area (Å²) in [6, 6.07) is 9.66. The van der Waals surface area contributed by atoms with Crippen molar-refractivity contribution in [3.8, 4) is 5.75 Å². The van der Waals surface area contributed by atoms with Gasteiger partial charge in [-0.25, -0.2) is 0 Å². The number of para-hydroxylation sites is 1. The van der Waals surface area contributed by atoms with Crippen molar-refractivity contribution >= 4 is 0 Å². The number of likely N-dealkylation sites (N-methyl/N-ethyl adjacent to an activating group) is 1. The molecule has 112 valence electrons. The number of hydrogen-bond donors (Lipinski definition) is 0. The second-order valence-corrected chi connectivity index (χ2v) is 6.18. The van der Waals surface area contributed by atoms with Crippen molar-refractivity contribution in [3.05, 3.63) is 29.8 Å². The van der Waals surface area contributed by atoms with Crippen LogP contribution < -0.4 is 4.74 Å². The third-order valence-electron chi connectivity index (χ3n) is 4.03. The summed E-state index contributed by atoms with van der Waals surface area (Å²) in [4.78, 5) is 4.74. The molecule has 0 saturated carbocycles. The van der Waals surface area contributed by atoms with Crippen LogP contribution in [0.1, 0.15) is 38.3 Å². The van der Waals surface area contributed by atoms with Crippen LogP contribution in [-0.4, -0.2) is 49.6 Å². The molecule has 1 aromatic rings. The molecule has 1 fully saturated rings. The zero-order valence-corrected chi connectivity index (χ0v) is 13.3. The van der Waals surface area contributed by atoms with E-state index in [2.05, 4.69) is 62.0 Å². The molecule has 0 radical (unpaired) electrons. The van der Waals surface area contributed by atoms with Crippen LogP contribution in [0, 0.1) is 0 Å². The molecule has 3 heteroatoms. The lowest BCUT2D eigenvalue weighted by atomic mass is 10.0. The lowest BCUT2D eigenvalue weighted by molar-refractivity contribution is 0.197. The highest BCUT2D eigenvalue weighted by molar-refractivity contribution is 5.36. The van der Waals surface area contributed by atoms with Gasteiger partial charge in [-0.05, 0) is 53.4 Å². The van der Waals surface area contributed by atoms with Gasteiger partial charge in [-0.15, -0.1) is 0 Å². The van der Waals surface area contributed by atoms with E-state index in [1.807, 2.05) is 0 Å². The lowest BCUT2D eigenvalue weighted by Crippen LogP contribution is -2.30. The molecule has 2 rings (SSSR count). The Bertz CT molecular complexity index is 417. The number of benzene rings is 1. The van der Waals surface area contributed by atoms with Crippen LogP contribution in [0.25, 0.3) is 0 Å².